The molecule has 20 heavy (non-hydrogen) atoms. The summed E-state index contributed by atoms with van der Waals surface area (Å²) in [4.78, 5) is 24.2. The first-order valence-electron chi connectivity index (χ1n) is 5.90. The normalized spacial score (nSPS) is 10.6. The lowest BCUT2D eigenvalue weighted by Crippen LogP contribution is -2.25. The second-order valence-corrected chi connectivity index (χ2v) is 5.55. The maximum absolute atomic E-state index is 13.5. The fraction of sp³-hybridized carbons (Fsp3) is 0.231. The average Bonchev–Trinajstić information content (AvgIpc) is 2.61. The van der Waals surface area contributed by atoms with Gasteiger partial charge in [-0.3, -0.25) is 14.2 Å². The van der Waals surface area contributed by atoms with E-state index in [2.05, 4.69) is 5.32 Å². The lowest BCUT2D eigenvalue weighted by Gasteiger charge is -2.08. The van der Waals surface area contributed by atoms with Gasteiger partial charge in [-0.05, 0) is 32.0 Å². The van der Waals surface area contributed by atoms with Crippen molar-refractivity contribution in [2.75, 3.05) is 11.1 Å². The van der Waals surface area contributed by atoms with Crippen LogP contribution in [0.1, 0.15) is 10.6 Å². The standard InChI is InChI=1S/C13H14FN3O2S/c1-7-8(2)20-13(19)17(7)6-12(18)16-11-5-9(15)3-4-10(11)14/h3-5H,6,15H2,1-2H3,(H,16,18). The Balaban J connectivity index is 2.17. The summed E-state index contributed by atoms with van der Waals surface area (Å²) in [5.41, 5.74) is 6.63. The molecule has 0 fully saturated rings. The molecule has 0 bridgehead atoms. The van der Waals surface area contributed by atoms with Gasteiger partial charge in [-0.2, -0.15) is 0 Å². The molecule has 106 valence electrons. The summed E-state index contributed by atoms with van der Waals surface area (Å²) in [6.07, 6.45) is 0. The zero-order valence-electron chi connectivity index (χ0n) is 11.1. The third kappa shape index (κ3) is 2.88. The third-order valence-electron chi connectivity index (χ3n) is 2.94. The van der Waals surface area contributed by atoms with E-state index in [4.69, 9.17) is 5.73 Å². The molecule has 0 atom stereocenters. The van der Waals surface area contributed by atoms with Gasteiger partial charge in [0.2, 0.25) is 5.91 Å². The Morgan fingerprint density at radius 3 is 2.75 bits per heavy atom. The van der Waals surface area contributed by atoms with Crippen LogP contribution in [0.25, 0.3) is 0 Å². The Morgan fingerprint density at radius 1 is 1.45 bits per heavy atom. The van der Waals surface area contributed by atoms with Gasteiger partial charge in [0, 0.05) is 16.3 Å². The summed E-state index contributed by atoms with van der Waals surface area (Å²) in [5, 5.41) is 2.41. The minimum atomic E-state index is -0.571. The second-order valence-electron chi connectivity index (χ2n) is 4.38. The van der Waals surface area contributed by atoms with Gasteiger partial charge >= 0.3 is 4.87 Å². The number of carbonyl (C=O) groups is 1. The molecule has 0 unspecified atom stereocenters. The number of nitrogens with one attached hydrogen (secondary N) is 1. The first-order chi connectivity index (χ1) is 9.38. The predicted molar refractivity (Wildman–Crippen MR) is 77.5 cm³/mol. The molecule has 1 heterocycles. The van der Waals surface area contributed by atoms with Gasteiger partial charge in [-0.1, -0.05) is 11.3 Å². The number of aryl methyl sites for hydroxylation is 1. The fourth-order valence-electron chi connectivity index (χ4n) is 1.74. The molecule has 1 amide bonds. The van der Waals surface area contributed by atoms with Gasteiger partial charge in [-0.15, -0.1) is 0 Å². The van der Waals surface area contributed by atoms with Crippen LogP contribution in [0.4, 0.5) is 15.8 Å². The number of nitrogens with zero attached hydrogens (tertiary/aromatic N) is 1. The highest BCUT2D eigenvalue weighted by molar-refractivity contribution is 7.09. The van der Waals surface area contributed by atoms with Crippen LogP contribution < -0.4 is 15.9 Å². The van der Waals surface area contributed by atoms with Gasteiger partial charge in [0.15, 0.2) is 0 Å². The lowest BCUT2D eigenvalue weighted by atomic mass is 10.2. The Bertz CT molecular complexity index is 721. The highest BCUT2D eigenvalue weighted by Gasteiger charge is 2.13. The largest absolute Gasteiger partial charge is 0.399 e. The van der Waals surface area contributed by atoms with Gasteiger partial charge < -0.3 is 11.1 Å². The molecule has 0 aliphatic carbocycles. The summed E-state index contributed by atoms with van der Waals surface area (Å²) in [6, 6.07) is 3.92. The average molecular weight is 295 g/mol. The fourth-order valence-corrected chi connectivity index (χ4v) is 2.57. The van der Waals surface area contributed by atoms with E-state index in [1.807, 2.05) is 6.92 Å². The molecule has 7 heteroatoms. The van der Waals surface area contributed by atoms with Crippen LogP contribution in [-0.2, 0) is 11.3 Å². The number of aromatic nitrogens is 1. The number of anilines is 2. The number of nitrogen functional groups attached to an aromatic ring is 1. The lowest BCUT2D eigenvalue weighted by molar-refractivity contribution is -0.116. The van der Waals surface area contributed by atoms with E-state index in [0.717, 1.165) is 21.9 Å². The van der Waals surface area contributed by atoms with E-state index in [-0.39, 0.29) is 17.1 Å². The minimum Gasteiger partial charge on any atom is -0.399 e. The Labute approximate surface area is 118 Å². The number of hydrogen-bond donors (Lipinski definition) is 2. The number of hydrogen-bond acceptors (Lipinski definition) is 4. The quantitative estimate of drug-likeness (QED) is 0.849. The van der Waals surface area contributed by atoms with Crippen molar-refractivity contribution in [3.05, 3.63) is 44.3 Å². The van der Waals surface area contributed by atoms with Crippen LogP contribution in [0.5, 0.6) is 0 Å². The smallest absolute Gasteiger partial charge is 0.308 e. The van der Waals surface area contributed by atoms with Crippen LogP contribution in [0.15, 0.2) is 23.0 Å². The van der Waals surface area contributed by atoms with E-state index in [1.165, 1.54) is 22.8 Å². The van der Waals surface area contributed by atoms with Crippen molar-refractivity contribution in [2.45, 2.75) is 20.4 Å². The van der Waals surface area contributed by atoms with Gasteiger partial charge in [-0.25, -0.2) is 4.39 Å². The number of carbonyl (C=O) groups excluding carboxylic acids is 1. The van der Waals surface area contributed by atoms with E-state index < -0.39 is 11.7 Å². The first-order valence-corrected chi connectivity index (χ1v) is 6.72. The summed E-state index contributed by atoms with van der Waals surface area (Å²) >= 11 is 1.08. The number of thiazole rings is 1. The molecule has 0 radical (unpaired) electrons. The monoisotopic (exact) mass is 295 g/mol. The Hall–Kier alpha value is -2.15. The predicted octanol–water partition coefficient (Wildman–Crippen LogP) is 1.89. The van der Waals surface area contributed by atoms with E-state index >= 15 is 0 Å². The highest BCUT2D eigenvalue weighted by atomic mass is 32.1. The third-order valence-corrected chi connectivity index (χ3v) is 3.94. The van der Waals surface area contributed by atoms with Crippen molar-refractivity contribution in [2.24, 2.45) is 0 Å². The maximum Gasteiger partial charge on any atom is 0.308 e. The molecule has 3 N–H and O–H groups in total. The molecule has 0 aliphatic rings. The van der Waals surface area contributed by atoms with Crippen molar-refractivity contribution in [3.8, 4) is 0 Å². The summed E-state index contributed by atoms with van der Waals surface area (Å²) < 4.78 is 14.9. The van der Waals surface area contributed by atoms with Crippen molar-refractivity contribution in [3.63, 3.8) is 0 Å². The van der Waals surface area contributed by atoms with E-state index in [1.54, 1.807) is 6.92 Å². The molecule has 5 nitrogen and oxygen atoms in total. The van der Waals surface area contributed by atoms with Crippen molar-refractivity contribution >= 4 is 28.6 Å². The van der Waals surface area contributed by atoms with E-state index in [0.29, 0.717) is 5.69 Å². The number of amides is 1. The summed E-state index contributed by atoms with van der Waals surface area (Å²) in [7, 11) is 0. The highest BCUT2D eigenvalue weighted by Crippen LogP contribution is 2.17. The minimum absolute atomic E-state index is 0.00709. The van der Waals surface area contributed by atoms with Gasteiger partial charge in [0.1, 0.15) is 12.4 Å². The molecular weight excluding hydrogens is 281 g/mol. The van der Waals surface area contributed by atoms with Crippen LogP contribution in [-0.4, -0.2) is 10.5 Å². The van der Waals surface area contributed by atoms with E-state index in [9.17, 15) is 14.0 Å². The number of benzene rings is 1. The maximum atomic E-state index is 13.5. The Morgan fingerprint density at radius 2 is 2.15 bits per heavy atom. The van der Waals surface area contributed by atoms with Crippen molar-refractivity contribution in [1.82, 2.24) is 4.57 Å². The molecule has 0 spiro atoms. The zero-order chi connectivity index (χ0) is 14.9. The molecule has 2 aromatic rings. The van der Waals surface area contributed by atoms with Crippen LogP contribution in [0.3, 0.4) is 0 Å². The summed E-state index contributed by atoms with van der Waals surface area (Å²) in [5.74, 6) is -1.05. The molecular formula is C13H14FN3O2S. The molecule has 2 rings (SSSR count). The van der Waals surface area contributed by atoms with Crippen LogP contribution >= 0.6 is 11.3 Å². The summed E-state index contributed by atoms with van der Waals surface area (Å²) in [6.45, 7) is 3.43. The Kier molecular flexibility index (Phi) is 3.89. The SMILES string of the molecule is Cc1sc(=O)n(CC(=O)Nc2cc(N)ccc2F)c1C. The molecule has 0 aliphatic heterocycles. The topological polar surface area (TPSA) is 77.1 Å². The molecule has 1 aromatic carbocycles. The van der Waals surface area contributed by atoms with Crippen LogP contribution in [0.2, 0.25) is 0 Å². The van der Waals surface area contributed by atoms with Crippen LogP contribution in [0, 0.1) is 19.7 Å². The zero-order valence-corrected chi connectivity index (χ0v) is 11.9. The number of halogens is 1. The molecule has 1 aromatic heterocycles. The number of rotatable bonds is 3. The molecule has 0 saturated carbocycles. The van der Waals surface area contributed by atoms with Crippen molar-refractivity contribution < 1.29 is 9.18 Å². The second kappa shape index (κ2) is 5.46. The number of nitrogens with two attached hydrogens (primary N) is 1. The first kappa shape index (κ1) is 14.3. The van der Waals surface area contributed by atoms with Gasteiger partial charge in [0.25, 0.3) is 0 Å². The van der Waals surface area contributed by atoms with Crippen molar-refractivity contribution in [1.29, 1.82) is 0 Å². The van der Waals surface area contributed by atoms with Gasteiger partial charge in [0.05, 0.1) is 5.69 Å². The molecule has 0 saturated heterocycles.